The van der Waals surface area contributed by atoms with Crippen molar-refractivity contribution in [1.82, 2.24) is 0 Å². The first-order chi connectivity index (χ1) is 4.21. The Morgan fingerprint density at radius 1 is 0.800 bits per heavy atom. The van der Waals surface area contributed by atoms with Gasteiger partial charge in [-0.3, -0.25) is 0 Å². The largest absolute Gasteiger partial charge is 0.296 e. The summed E-state index contributed by atoms with van der Waals surface area (Å²) in [5, 5.41) is 0. The molecule has 0 amide bonds. The van der Waals surface area contributed by atoms with E-state index in [2.05, 4.69) is 0 Å². The Kier molecular flexibility index (Phi) is 4.16. The predicted molar refractivity (Wildman–Crippen MR) is 47.2 cm³/mol. The van der Waals surface area contributed by atoms with Gasteiger partial charge >= 0.3 is 0 Å². The molecule has 0 aromatic rings. The minimum atomic E-state index is -3.01. The van der Waals surface area contributed by atoms with E-state index in [-0.39, 0.29) is 0 Å². The van der Waals surface area contributed by atoms with E-state index in [1.807, 2.05) is 0 Å². The fourth-order valence-electron chi connectivity index (χ4n) is 0.283. The highest BCUT2D eigenvalue weighted by atomic mass is 127. The zero-order chi connectivity index (χ0) is 8.41. The molecule has 0 saturated carbocycles. The number of hydrogen-bond acceptors (Lipinski definition) is 0. The highest BCUT2D eigenvalue weighted by Crippen LogP contribution is 2.35. The first-order valence-electron chi connectivity index (χ1n) is 2.34. The molecule has 0 heterocycles. The van der Waals surface area contributed by atoms with E-state index in [1.54, 1.807) is 0 Å². The van der Waals surface area contributed by atoms with Crippen LogP contribution in [0.2, 0.25) is 0 Å². The summed E-state index contributed by atoms with van der Waals surface area (Å²) in [6.07, 6.45) is -1.55. The third-order valence-electron chi connectivity index (χ3n) is 0.692. The molecular formula is C4H4F4I2. The number of halogens is 6. The van der Waals surface area contributed by atoms with Crippen molar-refractivity contribution in [1.29, 1.82) is 0 Å². The molecule has 6 heteroatoms. The smallest absolute Gasteiger partial charge is 0.195 e. The van der Waals surface area contributed by atoms with Crippen molar-refractivity contribution in [2.45, 2.75) is 20.7 Å². The summed E-state index contributed by atoms with van der Waals surface area (Å²) in [7, 11) is 0. The maximum atomic E-state index is 11.9. The van der Waals surface area contributed by atoms with E-state index in [1.165, 1.54) is 0 Å². The van der Waals surface area contributed by atoms with Crippen molar-refractivity contribution in [3.63, 3.8) is 0 Å². The lowest BCUT2D eigenvalue weighted by Crippen LogP contribution is -2.12. The molecule has 0 aliphatic heterocycles. The Hall–Kier alpha value is 1.18. The molecule has 0 N–H and O–H groups in total. The minimum absolute atomic E-state index is 0.774. The van der Waals surface area contributed by atoms with Crippen molar-refractivity contribution in [2.24, 2.45) is 0 Å². The Morgan fingerprint density at radius 3 is 1.10 bits per heavy atom. The van der Waals surface area contributed by atoms with Crippen LogP contribution in [-0.4, -0.2) is 7.86 Å². The molecule has 0 saturated heterocycles. The van der Waals surface area contributed by atoms with Crippen LogP contribution in [0.5, 0.6) is 0 Å². The van der Waals surface area contributed by atoms with Crippen LogP contribution in [0, 0.1) is 0 Å². The Labute approximate surface area is 83.0 Å². The molecular weight excluding hydrogens is 378 g/mol. The van der Waals surface area contributed by atoms with Gasteiger partial charge in [0.25, 0.3) is 7.86 Å². The van der Waals surface area contributed by atoms with Gasteiger partial charge in [-0.1, -0.05) is 0 Å². The molecule has 0 aromatic heterocycles. The van der Waals surface area contributed by atoms with E-state index in [9.17, 15) is 17.6 Å². The lowest BCUT2D eigenvalue weighted by molar-refractivity contribution is 0.0601. The Bertz CT molecular complexity index is 88.8. The molecule has 10 heavy (non-hydrogen) atoms. The van der Waals surface area contributed by atoms with Crippen LogP contribution in [0.15, 0.2) is 0 Å². The number of hydrogen-bond donors (Lipinski definition) is 0. The molecule has 0 atom stereocenters. The SMILES string of the molecule is FC(F)(I)CCC(F)(F)I. The van der Waals surface area contributed by atoms with E-state index >= 15 is 0 Å². The van der Waals surface area contributed by atoms with Crippen LogP contribution in [0.25, 0.3) is 0 Å². The van der Waals surface area contributed by atoms with Crippen LogP contribution < -0.4 is 0 Å². The highest BCUT2D eigenvalue weighted by molar-refractivity contribution is 14.1. The molecule has 0 aliphatic rings. The van der Waals surface area contributed by atoms with E-state index in [0.29, 0.717) is 0 Å². The van der Waals surface area contributed by atoms with Crippen LogP contribution in [-0.2, 0) is 0 Å². The highest BCUT2D eigenvalue weighted by Gasteiger charge is 2.31. The van der Waals surface area contributed by atoms with Gasteiger partial charge in [-0.05, 0) is 45.2 Å². The monoisotopic (exact) mass is 382 g/mol. The van der Waals surface area contributed by atoms with Crippen molar-refractivity contribution in [2.75, 3.05) is 0 Å². The van der Waals surface area contributed by atoms with Gasteiger partial charge < -0.3 is 0 Å². The summed E-state index contributed by atoms with van der Waals surface area (Å²) in [5.74, 6) is 0. The third-order valence-corrected chi connectivity index (χ3v) is 1.77. The van der Waals surface area contributed by atoms with Crippen LogP contribution >= 0.6 is 45.2 Å². The van der Waals surface area contributed by atoms with E-state index < -0.39 is 20.7 Å². The predicted octanol–water partition coefficient (Wildman–Crippen LogP) is 3.82. The van der Waals surface area contributed by atoms with Gasteiger partial charge in [-0.2, -0.15) is 17.6 Å². The van der Waals surface area contributed by atoms with Crippen molar-refractivity contribution in [3.05, 3.63) is 0 Å². The molecule has 62 valence electrons. The van der Waals surface area contributed by atoms with E-state index in [0.717, 1.165) is 45.2 Å². The van der Waals surface area contributed by atoms with Gasteiger partial charge in [-0.25, -0.2) is 0 Å². The molecule has 0 fully saturated rings. The second-order valence-corrected chi connectivity index (χ2v) is 4.89. The Morgan fingerprint density at radius 2 is 1.00 bits per heavy atom. The average Bonchev–Trinajstić information content (AvgIpc) is 1.57. The summed E-state index contributed by atoms with van der Waals surface area (Å²) in [6, 6.07) is 0. The summed E-state index contributed by atoms with van der Waals surface area (Å²) in [5.41, 5.74) is 0. The van der Waals surface area contributed by atoms with Crippen LogP contribution in [0.4, 0.5) is 17.6 Å². The lowest BCUT2D eigenvalue weighted by atomic mass is 10.3. The van der Waals surface area contributed by atoms with Crippen molar-refractivity contribution >= 4 is 45.2 Å². The maximum Gasteiger partial charge on any atom is 0.296 e. The average molecular weight is 382 g/mol. The second-order valence-electron chi connectivity index (χ2n) is 1.73. The summed E-state index contributed by atoms with van der Waals surface area (Å²) < 4.78 is 41.6. The first-order valence-corrected chi connectivity index (χ1v) is 4.50. The van der Waals surface area contributed by atoms with Gasteiger partial charge in [0.2, 0.25) is 0 Å². The fourth-order valence-corrected chi connectivity index (χ4v) is 0.823. The molecule has 0 bridgehead atoms. The molecule has 0 unspecified atom stereocenters. The third kappa shape index (κ3) is 9.18. The summed E-state index contributed by atoms with van der Waals surface area (Å²) >= 11 is 1.69. The van der Waals surface area contributed by atoms with E-state index in [4.69, 9.17) is 0 Å². The van der Waals surface area contributed by atoms with Crippen molar-refractivity contribution < 1.29 is 17.6 Å². The molecule has 0 nitrogen and oxygen atoms in total. The van der Waals surface area contributed by atoms with Crippen LogP contribution in [0.3, 0.4) is 0 Å². The van der Waals surface area contributed by atoms with Gasteiger partial charge in [-0.15, -0.1) is 0 Å². The second kappa shape index (κ2) is 3.72. The number of rotatable bonds is 3. The zero-order valence-electron chi connectivity index (χ0n) is 4.68. The summed E-state index contributed by atoms with van der Waals surface area (Å²) in [6.45, 7) is 0. The zero-order valence-corrected chi connectivity index (χ0v) is 9.00. The molecule has 0 aromatic carbocycles. The lowest BCUT2D eigenvalue weighted by Gasteiger charge is -2.11. The maximum absolute atomic E-state index is 11.9. The number of alkyl halides is 6. The van der Waals surface area contributed by atoms with Crippen LogP contribution in [0.1, 0.15) is 12.8 Å². The minimum Gasteiger partial charge on any atom is -0.195 e. The quantitative estimate of drug-likeness (QED) is 0.396. The topological polar surface area (TPSA) is 0 Å². The van der Waals surface area contributed by atoms with Gasteiger partial charge in [0.15, 0.2) is 0 Å². The molecule has 0 aliphatic carbocycles. The molecule has 0 rings (SSSR count). The Balaban J connectivity index is 3.56. The molecule has 0 spiro atoms. The fraction of sp³-hybridized carbons (Fsp3) is 1.00. The van der Waals surface area contributed by atoms with Gasteiger partial charge in [0, 0.05) is 12.8 Å². The first kappa shape index (κ1) is 11.2. The summed E-state index contributed by atoms with van der Waals surface area (Å²) in [4.78, 5) is 0. The van der Waals surface area contributed by atoms with Gasteiger partial charge in [0.1, 0.15) is 0 Å². The normalized spacial score (nSPS) is 13.8. The van der Waals surface area contributed by atoms with Crippen molar-refractivity contribution in [3.8, 4) is 0 Å². The molecule has 0 radical (unpaired) electrons. The standard InChI is InChI=1S/C4H4F4I2/c5-3(6,9)1-2-4(7,8)10/h1-2H2. The van der Waals surface area contributed by atoms with Gasteiger partial charge in [0.05, 0.1) is 0 Å².